The van der Waals surface area contributed by atoms with Crippen molar-refractivity contribution in [3.63, 3.8) is 0 Å². The van der Waals surface area contributed by atoms with Crippen molar-refractivity contribution in [2.75, 3.05) is 38.0 Å². The number of Topliss-reactive ketones (excluding diaryl/α,β-unsaturated/α-hetero) is 1. The van der Waals surface area contributed by atoms with Crippen molar-refractivity contribution in [1.29, 1.82) is 0 Å². The maximum absolute atomic E-state index is 14.9. The molecule has 0 saturated carbocycles. The standard InChI is InChI=1S/C54H70IN7O11/c1-28(2)27-60-23-17-54(18-24-60)58-42-39-40-47(67)34(8)50-41(39)51(69)53(9,73-50)71-25-16-36(55)31(5)49(72-38(64)26-37(63)61-21-14-35(15-22-61)62-20-11-19-56-62)33(7)46(66)32(6)45(65)29(3)12-10-13-30(4)52(70)57-44(48(40)68)43(42)59-54/h10-13,16,19-20,25,28-29,31-33,35-36,45-46,49,58,65-68H,14-15,17-18,21-24,26-27H2,1-9H3/b12-10+,25-16+,30-13-,57-44?/t29-,31+,32+,33+,36-,45-,46+,49+,53-/m0/s1. The molecule has 2 fully saturated rings. The van der Waals surface area contributed by atoms with Gasteiger partial charge in [-0.25, -0.2) is 4.99 Å². The van der Waals surface area contributed by atoms with Crippen LogP contribution >= 0.6 is 22.6 Å². The number of ether oxygens (including phenoxy) is 3. The molecule has 9 rings (SSSR count). The fourth-order valence-corrected chi connectivity index (χ4v) is 11.6. The first kappa shape index (κ1) is 53.9. The van der Waals surface area contributed by atoms with Gasteiger partial charge in [0.25, 0.3) is 11.7 Å². The van der Waals surface area contributed by atoms with Gasteiger partial charge in [0.1, 0.15) is 40.4 Å². The summed E-state index contributed by atoms with van der Waals surface area (Å²) in [6, 6.07) is 2.01. The zero-order chi connectivity index (χ0) is 52.8. The third-order valence-corrected chi connectivity index (χ3v) is 17.1. The number of hydrogen-bond donors (Lipinski definition) is 5. The molecule has 0 radical (unpaired) electrons. The monoisotopic (exact) mass is 1120 g/mol. The molecule has 19 heteroatoms. The lowest BCUT2D eigenvalue weighted by Gasteiger charge is -2.38. The highest BCUT2D eigenvalue weighted by Gasteiger charge is 2.51. The van der Waals surface area contributed by atoms with E-state index in [9.17, 15) is 39.6 Å². The largest absolute Gasteiger partial charge is 0.507 e. The molecule has 18 nitrogen and oxygen atoms in total. The summed E-state index contributed by atoms with van der Waals surface area (Å²) < 4.78 is 20.2. The number of aromatic nitrogens is 2. The second kappa shape index (κ2) is 21.5. The van der Waals surface area contributed by atoms with Crippen molar-refractivity contribution in [1.82, 2.24) is 19.6 Å². The molecular weight excluding hydrogens is 1050 g/mol. The van der Waals surface area contributed by atoms with E-state index in [1.807, 2.05) is 23.9 Å². The van der Waals surface area contributed by atoms with Gasteiger partial charge in [-0.2, -0.15) is 5.10 Å². The van der Waals surface area contributed by atoms with Gasteiger partial charge in [0.05, 0.1) is 41.1 Å². The number of rotatable bonds is 6. The zero-order valence-electron chi connectivity index (χ0n) is 43.2. The number of aliphatic hydroxyl groups excluding tert-OH is 2. The number of benzene rings is 2. The molecule has 1 aromatic heterocycles. The molecule has 0 aliphatic carbocycles. The van der Waals surface area contributed by atoms with Gasteiger partial charge in [0, 0.05) is 109 Å². The second-order valence-electron chi connectivity index (χ2n) is 21.4. The molecule has 394 valence electrons. The van der Waals surface area contributed by atoms with Crippen LogP contribution in [0.5, 0.6) is 17.2 Å². The van der Waals surface area contributed by atoms with Crippen LogP contribution in [0.15, 0.2) is 64.6 Å². The van der Waals surface area contributed by atoms with Crippen LogP contribution in [0.4, 0.5) is 5.69 Å². The lowest BCUT2D eigenvalue weighted by molar-refractivity contribution is -0.162. The number of aromatic hydroxyl groups is 2. The minimum atomic E-state index is -1.96. The highest BCUT2D eigenvalue weighted by molar-refractivity contribution is 14.1. The maximum Gasteiger partial charge on any atom is 0.315 e. The molecule has 5 bridgehead atoms. The number of nitrogens with one attached hydrogen (secondary N) is 1. The number of phenols is 2. The summed E-state index contributed by atoms with van der Waals surface area (Å²) in [5.41, 5.74) is -0.158. The van der Waals surface area contributed by atoms with Gasteiger partial charge < -0.3 is 49.8 Å². The molecule has 7 heterocycles. The SMILES string of the molecule is C/C1=C/C=C/[C@H](C)[C@H](O)[C@@H](C)[C@@H](O)[C@@H](C)[C@H](OC(=O)CC(=O)N2CCC(n3cccn3)CC2)[C@H](C)[C@@H](I)/C=C/O[C@@]2(C)Oc3c(C)c(O)c4c(O)c(c5c(c4c3C2=O)NC2(CCN(CC(C)C)CC2)N=5)=NC1=O. The van der Waals surface area contributed by atoms with E-state index in [0.29, 0.717) is 63.5 Å². The predicted octanol–water partition coefficient (Wildman–Crippen LogP) is 5.97. The number of phenolic OH excluding ortho intramolecular Hbond substituents is 2. The van der Waals surface area contributed by atoms with Crippen LogP contribution in [-0.2, 0) is 23.9 Å². The third-order valence-electron chi connectivity index (χ3n) is 15.6. The van der Waals surface area contributed by atoms with Crippen molar-refractivity contribution in [2.45, 2.75) is 134 Å². The Morgan fingerprint density at radius 1 is 0.945 bits per heavy atom. The van der Waals surface area contributed by atoms with E-state index in [4.69, 9.17) is 19.2 Å². The Balaban J connectivity index is 1.15. The molecule has 2 amide bonds. The highest BCUT2D eigenvalue weighted by atomic mass is 127. The first-order chi connectivity index (χ1) is 34.5. The van der Waals surface area contributed by atoms with Gasteiger partial charge in [-0.3, -0.25) is 28.9 Å². The number of carbonyl (C=O) groups excluding carboxylic acids is 4. The van der Waals surface area contributed by atoms with Crippen molar-refractivity contribution in [3.8, 4) is 17.2 Å². The van der Waals surface area contributed by atoms with Crippen LogP contribution in [0.25, 0.3) is 10.8 Å². The van der Waals surface area contributed by atoms with Crippen LogP contribution in [-0.4, -0.2) is 130 Å². The number of aliphatic hydroxyl groups is 2. The van der Waals surface area contributed by atoms with Crippen LogP contribution in [0.1, 0.15) is 109 Å². The number of esters is 1. The molecule has 9 atom stereocenters. The Morgan fingerprint density at radius 3 is 2.30 bits per heavy atom. The topological polar surface area (TPSA) is 238 Å². The fourth-order valence-electron chi connectivity index (χ4n) is 11.1. The summed E-state index contributed by atoms with van der Waals surface area (Å²) in [6.45, 7) is 19.2. The number of nitrogens with zero attached hydrogens (tertiary/aromatic N) is 6. The smallest absolute Gasteiger partial charge is 0.315 e. The van der Waals surface area contributed by atoms with Crippen molar-refractivity contribution in [2.24, 2.45) is 39.6 Å². The number of carbonyl (C=O) groups is 4. The summed E-state index contributed by atoms with van der Waals surface area (Å²) in [4.78, 5) is 69.9. The molecule has 1 spiro atoms. The number of anilines is 1. The molecule has 73 heavy (non-hydrogen) atoms. The summed E-state index contributed by atoms with van der Waals surface area (Å²) in [6.07, 6.45) is 10.3. The van der Waals surface area contributed by atoms with E-state index in [1.54, 1.807) is 63.9 Å². The molecule has 5 N–H and O–H groups in total. The Morgan fingerprint density at radius 2 is 1.64 bits per heavy atom. The van der Waals surface area contributed by atoms with E-state index < -0.39 is 87.2 Å². The van der Waals surface area contributed by atoms with E-state index in [-0.39, 0.29) is 61.6 Å². The maximum atomic E-state index is 14.9. The number of hydrogen-bond acceptors (Lipinski definition) is 15. The van der Waals surface area contributed by atoms with E-state index >= 15 is 0 Å². The van der Waals surface area contributed by atoms with E-state index in [2.05, 4.69) is 56.7 Å². The second-order valence-corrected chi connectivity index (χ2v) is 22.8. The number of halogens is 1. The Bertz CT molecular complexity index is 2850. The first-order valence-corrected chi connectivity index (χ1v) is 26.8. The molecule has 6 aliphatic heterocycles. The summed E-state index contributed by atoms with van der Waals surface area (Å²) >= 11 is 2.16. The zero-order valence-corrected chi connectivity index (χ0v) is 45.3. The van der Waals surface area contributed by atoms with Crippen molar-refractivity contribution < 1.29 is 53.8 Å². The Labute approximate surface area is 439 Å². The number of amides is 2. The number of likely N-dealkylation sites (tertiary alicyclic amines) is 2. The van der Waals surface area contributed by atoms with Crippen molar-refractivity contribution in [3.05, 3.63) is 76.4 Å². The Kier molecular flexibility index (Phi) is 15.8. The lowest BCUT2D eigenvalue weighted by Crippen LogP contribution is -2.47. The quantitative estimate of drug-likeness (QED) is 0.0629. The molecule has 3 aromatic rings. The van der Waals surface area contributed by atoms with Crippen LogP contribution in [0.3, 0.4) is 0 Å². The average Bonchev–Trinajstić information content (AvgIpc) is 4.10. The minimum absolute atomic E-state index is 0.0507. The predicted molar refractivity (Wildman–Crippen MR) is 281 cm³/mol. The van der Waals surface area contributed by atoms with E-state index in [1.165, 1.54) is 19.3 Å². The van der Waals surface area contributed by atoms with E-state index in [0.717, 1.165) is 6.54 Å². The van der Waals surface area contributed by atoms with Gasteiger partial charge >= 0.3 is 11.8 Å². The molecule has 2 aromatic carbocycles. The van der Waals surface area contributed by atoms with Gasteiger partial charge in [-0.05, 0) is 44.7 Å². The van der Waals surface area contributed by atoms with Crippen LogP contribution < -0.4 is 20.8 Å². The number of alkyl halides is 1. The van der Waals surface area contributed by atoms with Crippen molar-refractivity contribution >= 4 is 62.6 Å². The first-order valence-electron chi connectivity index (χ1n) is 25.5. The summed E-state index contributed by atoms with van der Waals surface area (Å²) in [7, 11) is 0. The molecule has 2 saturated heterocycles. The van der Waals surface area contributed by atoms with Gasteiger partial charge in [-0.1, -0.05) is 82.4 Å². The number of fused-ring (bicyclic) bond motifs is 13. The normalized spacial score (nSPS) is 30.8. The van der Waals surface area contributed by atoms with Crippen LogP contribution in [0.2, 0.25) is 0 Å². The number of piperidine rings is 2. The summed E-state index contributed by atoms with van der Waals surface area (Å²) in [5.74, 6) is -7.33. The average molecular weight is 1120 g/mol. The summed E-state index contributed by atoms with van der Waals surface area (Å²) in [5, 5.41) is 55.7. The minimum Gasteiger partial charge on any atom is -0.507 e. The lowest BCUT2D eigenvalue weighted by atomic mass is 9.79. The van der Waals surface area contributed by atoms with Crippen LogP contribution in [0, 0.1) is 36.5 Å². The van der Waals surface area contributed by atoms with Gasteiger partial charge in [-0.15, -0.1) is 0 Å². The Hall–Kier alpha value is -5.38. The highest BCUT2D eigenvalue weighted by Crippen LogP contribution is 2.51. The third kappa shape index (κ3) is 10.6. The molecule has 0 unspecified atom stereocenters. The number of allylic oxidation sites excluding steroid dienone is 3. The fraction of sp³-hybridized carbons (Fsp3) is 0.574. The van der Waals surface area contributed by atoms with Gasteiger partial charge in [0.15, 0.2) is 5.75 Å². The molecule has 6 aliphatic rings. The number of ketones is 1. The van der Waals surface area contributed by atoms with Gasteiger partial charge in [0.2, 0.25) is 5.91 Å². The molecular formula is C54H70IN7O11.